The molecule has 1 amide bonds. The molecular weight excluding hydrogens is 391 g/mol. The number of pyridine rings is 1. The average Bonchev–Trinajstić information content (AvgIpc) is 2.71. The van der Waals surface area contributed by atoms with Crippen molar-refractivity contribution < 1.29 is 32.4 Å². The molecule has 0 N–H and O–H groups in total. The molecule has 7 nitrogen and oxygen atoms in total. The van der Waals surface area contributed by atoms with Crippen LogP contribution in [0.2, 0.25) is 0 Å². The molecule has 1 aromatic carbocycles. The Kier molecular flexibility index (Phi) is 7.54. The van der Waals surface area contributed by atoms with Crippen molar-refractivity contribution in [3.05, 3.63) is 59.3 Å². The molecule has 156 valence electrons. The monoisotopic (exact) mass is 411 g/mol. The number of ether oxygens (including phenoxy) is 1. The number of hydrogen-bond donors (Lipinski definition) is 0. The maximum Gasteiger partial charge on any atom is 0.416 e. The Bertz CT molecular complexity index is 837. The number of rotatable bonds is 8. The summed E-state index contributed by atoms with van der Waals surface area (Å²) in [5.41, 5.74) is 1.02. The highest BCUT2D eigenvalue weighted by Crippen LogP contribution is 2.29. The molecule has 2 aromatic rings. The second kappa shape index (κ2) is 9.87. The Morgan fingerprint density at radius 1 is 1.17 bits per heavy atom. The van der Waals surface area contributed by atoms with Gasteiger partial charge in [-0.25, -0.2) is 10.0 Å². The number of halogens is 3. The van der Waals surface area contributed by atoms with Gasteiger partial charge < -0.3 is 9.57 Å². The molecule has 0 fully saturated rings. The molecule has 0 atom stereocenters. The van der Waals surface area contributed by atoms with Gasteiger partial charge in [0.05, 0.1) is 18.4 Å². The summed E-state index contributed by atoms with van der Waals surface area (Å²) in [7, 11) is 2.83. The fourth-order valence-electron chi connectivity index (χ4n) is 2.05. The minimum Gasteiger partial charge on any atom is -0.467 e. The number of benzene rings is 1. The molecule has 29 heavy (non-hydrogen) atoms. The highest BCUT2D eigenvalue weighted by molar-refractivity contribution is 5.98. The van der Waals surface area contributed by atoms with Gasteiger partial charge in [-0.2, -0.15) is 13.2 Å². The summed E-state index contributed by atoms with van der Waals surface area (Å²) in [4.78, 5) is 25.6. The summed E-state index contributed by atoms with van der Waals surface area (Å²) in [5, 5.41) is 4.98. The second-order valence-corrected chi connectivity index (χ2v) is 5.89. The largest absolute Gasteiger partial charge is 0.467 e. The lowest BCUT2D eigenvalue weighted by Gasteiger charge is -2.13. The maximum atomic E-state index is 12.5. The minimum absolute atomic E-state index is 0.0270. The molecule has 10 heteroatoms. The van der Waals surface area contributed by atoms with Gasteiger partial charge in [0.25, 0.3) is 5.91 Å². The Balaban J connectivity index is 1.87. The van der Waals surface area contributed by atoms with Gasteiger partial charge in [0.2, 0.25) is 5.88 Å². The van der Waals surface area contributed by atoms with Crippen LogP contribution in [0.4, 0.5) is 13.2 Å². The van der Waals surface area contributed by atoms with Crippen LogP contribution in [-0.4, -0.2) is 42.4 Å². The van der Waals surface area contributed by atoms with E-state index in [0.29, 0.717) is 16.8 Å². The zero-order chi connectivity index (χ0) is 21.4. The topological polar surface area (TPSA) is 73.2 Å². The van der Waals surface area contributed by atoms with Crippen LogP contribution in [0, 0.1) is 0 Å². The molecule has 0 bridgehead atoms. The second-order valence-electron chi connectivity index (χ2n) is 5.89. The van der Waals surface area contributed by atoms with Gasteiger partial charge in [0.15, 0.2) is 6.61 Å². The first-order chi connectivity index (χ1) is 13.7. The highest BCUT2D eigenvalue weighted by Gasteiger charge is 2.29. The van der Waals surface area contributed by atoms with Gasteiger partial charge in [0, 0.05) is 24.9 Å². The number of aromatic nitrogens is 1. The minimum atomic E-state index is -4.37. The number of hydrogen-bond acceptors (Lipinski definition) is 6. The van der Waals surface area contributed by atoms with Crippen LogP contribution in [0.3, 0.4) is 0 Å². The van der Waals surface area contributed by atoms with Crippen LogP contribution in [0.1, 0.15) is 23.6 Å². The molecule has 1 heterocycles. The predicted molar refractivity (Wildman–Crippen MR) is 98.0 cm³/mol. The fraction of sp³-hybridized carbons (Fsp3) is 0.316. The van der Waals surface area contributed by atoms with Crippen molar-refractivity contribution in [2.24, 2.45) is 5.16 Å². The highest BCUT2D eigenvalue weighted by atomic mass is 19.4. The summed E-state index contributed by atoms with van der Waals surface area (Å²) in [6.45, 7) is 1.50. The molecule has 0 aliphatic rings. The van der Waals surface area contributed by atoms with Crippen molar-refractivity contribution in [1.29, 1.82) is 0 Å². The van der Waals surface area contributed by atoms with Crippen molar-refractivity contribution in [3.63, 3.8) is 0 Å². The zero-order valence-electron chi connectivity index (χ0n) is 16.1. The van der Waals surface area contributed by atoms with Crippen LogP contribution in [0.25, 0.3) is 0 Å². The van der Waals surface area contributed by atoms with Crippen LogP contribution in [0.15, 0.2) is 47.8 Å². The van der Waals surface area contributed by atoms with Crippen LogP contribution >= 0.6 is 0 Å². The Morgan fingerprint density at radius 3 is 2.41 bits per heavy atom. The number of carbonyl (C=O) groups excluding carboxylic acids is 1. The lowest BCUT2D eigenvalue weighted by molar-refractivity contribution is -0.170. The van der Waals surface area contributed by atoms with Crippen molar-refractivity contribution in [2.75, 3.05) is 20.8 Å². The zero-order valence-corrected chi connectivity index (χ0v) is 16.1. The van der Waals surface area contributed by atoms with E-state index in [9.17, 15) is 18.0 Å². The fourth-order valence-corrected chi connectivity index (χ4v) is 2.05. The number of likely N-dealkylation sites (N-methyl/N-ethyl adjacent to an activating group) is 1. The van der Waals surface area contributed by atoms with E-state index in [1.807, 2.05) is 0 Å². The summed E-state index contributed by atoms with van der Waals surface area (Å²) in [6.07, 6.45) is -2.87. The molecule has 0 aliphatic carbocycles. The first kappa shape index (κ1) is 22.2. The molecule has 0 aliphatic heterocycles. The summed E-state index contributed by atoms with van der Waals surface area (Å²) in [6, 6.07) is 7.92. The van der Waals surface area contributed by atoms with Gasteiger partial charge in [-0.15, -0.1) is 0 Å². The average molecular weight is 411 g/mol. The van der Waals surface area contributed by atoms with Gasteiger partial charge >= 0.3 is 6.18 Å². The lowest BCUT2D eigenvalue weighted by Crippen LogP contribution is -2.30. The van der Waals surface area contributed by atoms with E-state index in [1.54, 1.807) is 19.1 Å². The molecule has 0 saturated carbocycles. The van der Waals surface area contributed by atoms with Crippen molar-refractivity contribution in [2.45, 2.75) is 19.7 Å². The van der Waals surface area contributed by atoms with E-state index >= 15 is 0 Å². The van der Waals surface area contributed by atoms with E-state index in [1.165, 1.54) is 32.5 Å². The Labute approximate surface area is 165 Å². The Hall–Kier alpha value is -3.14. The molecule has 0 saturated heterocycles. The third-order valence-corrected chi connectivity index (χ3v) is 3.84. The molecule has 1 aromatic heterocycles. The molecule has 0 unspecified atom stereocenters. The predicted octanol–water partition coefficient (Wildman–Crippen LogP) is 3.44. The number of carbonyl (C=O) groups is 1. The normalized spacial score (nSPS) is 11.9. The van der Waals surface area contributed by atoms with Crippen LogP contribution in [-0.2, 0) is 27.3 Å². The van der Waals surface area contributed by atoms with E-state index in [0.717, 1.165) is 17.2 Å². The van der Waals surface area contributed by atoms with Crippen LogP contribution < -0.4 is 4.74 Å². The quantitative estimate of drug-likeness (QED) is 0.492. The summed E-state index contributed by atoms with van der Waals surface area (Å²) < 4.78 is 42.9. The molecular formula is C19H20F3N3O4. The Morgan fingerprint density at radius 2 is 1.86 bits per heavy atom. The van der Waals surface area contributed by atoms with Crippen LogP contribution in [0.5, 0.6) is 5.88 Å². The van der Waals surface area contributed by atoms with Gasteiger partial charge in [-0.1, -0.05) is 17.3 Å². The standard InChI is InChI=1S/C19H20F3N3O4/c1-13(24-29-11-14-4-7-16(8-5-14)19(20,21)22)15-6-9-17(23-10-15)28-12-18(26)25(2)27-3/h4-10H,11-12H2,1-3H3/b24-13+. The third kappa shape index (κ3) is 6.75. The smallest absolute Gasteiger partial charge is 0.416 e. The third-order valence-electron chi connectivity index (χ3n) is 3.84. The van der Waals surface area contributed by atoms with Gasteiger partial charge in [-0.05, 0) is 30.7 Å². The molecule has 0 radical (unpaired) electrons. The van der Waals surface area contributed by atoms with E-state index in [4.69, 9.17) is 14.4 Å². The number of alkyl halides is 3. The number of nitrogens with zero attached hydrogens (tertiary/aromatic N) is 3. The first-order valence-corrected chi connectivity index (χ1v) is 8.43. The van der Waals surface area contributed by atoms with E-state index < -0.39 is 11.7 Å². The van der Waals surface area contributed by atoms with Gasteiger partial charge in [-0.3, -0.25) is 9.63 Å². The summed E-state index contributed by atoms with van der Waals surface area (Å²) in [5.74, 6) is -0.113. The van der Waals surface area contributed by atoms with Crippen molar-refractivity contribution in [3.8, 4) is 5.88 Å². The van der Waals surface area contributed by atoms with Gasteiger partial charge in [0.1, 0.15) is 6.61 Å². The maximum absolute atomic E-state index is 12.5. The van der Waals surface area contributed by atoms with E-state index in [2.05, 4.69) is 10.1 Å². The molecule has 0 spiro atoms. The SMILES string of the molecule is CON(C)C(=O)COc1ccc(/C(C)=N/OCc2ccc(C(F)(F)F)cc2)cn1. The first-order valence-electron chi connectivity index (χ1n) is 8.43. The van der Waals surface area contributed by atoms with E-state index in [-0.39, 0.29) is 25.0 Å². The lowest BCUT2D eigenvalue weighted by atomic mass is 10.1. The van der Waals surface area contributed by atoms with Crippen molar-refractivity contribution >= 4 is 11.6 Å². The number of oxime groups is 1. The van der Waals surface area contributed by atoms with Crippen molar-refractivity contribution in [1.82, 2.24) is 10.0 Å². The molecule has 2 rings (SSSR count). The summed E-state index contributed by atoms with van der Waals surface area (Å²) >= 11 is 0. The number of hydroxylamine groups is 2. The number of amides is 1.